The van der Waals surface area contributed by atoms with Crippen LogP contribution in [0.2, 0.25) is 0 Å². The van der Waals surface area contributed by atoms with Gasteiger partial charge in [-0.2, -0.15) is 0 Å². The molecule has 0 aliphatic rings. The molecule has 1 N–H and O–H groups in total. The number of furan rings is 1. The summed E-state index contributed by atoms with van der Waals surface area (Å²) in [6, 6.07) is 4.62. The number of hydrogen-bond donors (Lipinski definition) is 1. The zero-order valence-corrected chi connectivity index (χ0v) is 11.6. The second-order valence-electron chi connectivity index (χ2n) is 4.69. The molecule has 20 heavy (non-hydrogen) atoms. The number of nitrogens with zero attached hydrogens (tertiary/aromatic N) is 1. The fourth-order valence-corrected chi connectivity index (χ4v) is 2.26. The molecule has 4 nitrogen and oxygen atoms in total. The van der Waals surface area contributed by atoms with Crippen LogP contribution in [0.25, 0.3) is 11.0 Å². The topological polar surface area (TPSA) is 53.7 Å². The van der Waals surface area contributed by atoms with E-state index < -0.39 is 5.82 Å². The highest BCUT2D eigenvalue weighted by Crippen LogP contribution is 2.28. The van der Waals surface area contributed by atoms with Crippen LogP contribution in [0.4, 0.5) is 4.39 Å². The van der Waals surface area contributed by atoms with Gasteiger partial charge in [0.25, 0.3) is 5.91 Å². The molecule has 2 rings (SSSR count). The lowest BCUT2D eigenvalue weighted by Gasteiger charge is -2.19. The SMILES string of the molecule is CCCN(CCO)C(=O)c1oc2c(F)cccc2c1C. The first kappa shape index (κ1) is 14.5. The van der Waals surface area contributed by atoms with Gasteiger partial charge in [0.1, 0.15) is 0 Å². The molecular formula is C15H18FNO3. The molecular weight excluding hydrogens is 261 g/mol. The predicted octanol–water partition coefficient (Wildman–Crippen LogP) is 2.72. The summed E-state index contributed by atoms with van der Waals surface area (Å²) in [5.74, 6) is -0.644. The second-order valence-corrected chi connectivity index (χ2v) is 4.69. The summed E-state index contributed by atoms with van der Waals surface area (Å²) in [5, 5.41) is 9.63. The van der Waals surface area contributed by atoms with E-state index in [1.165, 1.54) is 11.0 Å². The minimum atomic E-state index is -0.478. The van der Waals surface area contributed by atoms with Gasteiger partial charge >= 0.3 is 0 Å². The number of aryl methyl sites for hydroxylation is 1. The third-order valence-corrected chi connectivity index (χ3v) is 3.26. The molecule has 2 aromatic rings. The first-order valence-electron chi connectivity index (χ1n) is 6.67. The zero-order chi connectivity index (χ0) is 14.7. The van der Waals surface area contributed by atoms with E-state index in [0.29, 0.717) is 17.5 Å². The first-order valence-corrected chi connectivity index (χ1v) is 6.67. The van der Waals surface area contributed by atoms with Crippen molar-refractivity contribution in [2.45, 2.75) is 20.3 Å². The van der Waals surface area contributed by atoms with Crippen molar-refractivity contribution in [1.29, 1.82) is 0 Å². The van der Waals surface area contributed by atoms with Crippen LogP contribution >= 0.6 is 0 Å². The van der Waals surface area contributed by atoms with Crippen LogP contribution < -0.4 is 0 Å². The maximum Gasteiger partial charge on any atom is 0.289 e. The summed E-state index contributed by atoms with van der Waals surface area (Å²) >= 11 is 0. The number of carbonyl (C=O) groups is 1. The lowest BCUT2D eigenvalue weighted by Crippen LogP contribution is -2.34. The van der Waals surface area contributed by atoms with E-state index >= 15 is 0 Å². The average molecular weight is 279 g/mol. The molecule has 1 heterocycles. The average Bonchev–Trinajstić information content (AvgIpc) is 2.77. The van der Waals surface area contributed by atoms with Gasteiger partial charge in [0, 0.05) is 24.0 Å². The Labute approximate surface area is 116 Å². The quantitative estimate of drug-likeness (QED) is 0.915. The van der Waals surface area contributed by atoms with Gasteiger partial charge in [-0.3, -0.25) is 4.79 Å². The van der Waals surface area contributed by atoms with Gasteiger partial charge in [-0.15, -0.1) is 0 Å². The van der Waals surface area contributed by atoms with E-state index in [2.05, 4.69) is 0 Å². The Bertz CT molecular complexity index is 615. The smallest absolute Gasteiger partial charge is 0.289 e. The molecule has 0 bridgehead atoms. The molecule has 1 aromatic carbocycles. The Morgan fingerprint density at radius 3 is 2.75 bits per heavy atom. The predicted molar refractivity (Wildman–Crippen MR) is 74.2 cm³/mol. The first-order chi connectivity index (χ1) is 9.60. The molecule has 0 fully saturated rings. The standard InChI is InChI=1S/C15H18FNO3/c1-3-7-17(8-9-18)15(19)13-10(2)11-5-4-6-12(16)14(11)20-13/h4-6,18H,3,7-9H2,1-2H3. The highest BCUT2D eigenvalue weighted by Gasteiger charge is 2.23. The van der Waals surface area contributed by atoms with Crippen LogP contribution in [-0.2, 0) is 0 Å². The molecule has 0 saturated heterocycles. The lowest BCUT2D eigenvalue weighted by molar-refractivity contribution is 0.0691. The van der Waals surface area contributed by atoms with E-state index in [1.54, 1.807) is 19.1 Å². The van der Waals surface area contributed by atoms with Gasteiger partial charge in [-0.05, 0) is 19.4 Å². The van der Waals surface area contributed by atoms with Crippen molar-refractivity contribution in [3.63, 3.8) is 0 Å². The number of carbonyl (C=O) groups excluding carboxylic acids is 1. The van der Waals surface area contributed by atoms with Crippen molar-refractivity contribution in [2.24, 2.45) is 0 Å². The molecule has 0 spiro atoms. The molecule has 0 radical (unpaired) electrons. The summed E-state index contributed by atoms with van der Waals surface area (Å²) in [6.45, 7) is 4.34. The molecule has 108 valence electrons. The minimum absolute atomic E-state index is 0.105. The number of para-hydroxylation sites is 1. The van der Waals surface area contributed by atoms with Crippen molar-refractivity contribution < 1.29 is 18.7 Å². The summed E-state index contributed by atoms with van der Waals surface area (Å²) in [4.78, 5) is 13.9. The van der Waals surface area contributed by atoms with Crippen molar-refractivity contribution in [1.82, 2.24) is 4.90 Å². The van der Waals surface area contributed by atoms with Crippen LogP contribution in [0.5, 0.6) is 0 Å². The van der Waals surface area contributed by atoms with Crippen molar-refractivity contribution in [3.05, 3.63) is 35.3 Å². The lowest BCUT2D eigenvalue weighted by atomic mass is 10.1. The van der Waals surface area contributed by atoms with Gasteiger partial charge < -0.3 is 14.4 Å². The Hall–Kier alpha value is -1.88. The number of benzene rings is 1. The number of hydrogen-bond acceptors (Lipinski definition) is 3. The highest BCUT2D eigenvalue weighted by molar-refractivity contribution is 5.99. The highest BCUT2D eigenvalue weighted by atomic mass is 19.1. The summed E-state index contributed by atoms with van der Waals surface area (Å²) in [6.07, 6.45) is 0.777. The Kier molecular flexibility index (Phi) is 4.39. The van der Waals surface area contributed by atoms with Gasteiger partial charge in [-0.25, -0.2) is 4.39 Å². The number of fused-ring (bicyclic) bond motifs is 1. The Morgan fingerprint density at radius 2 is 2.15 bits per heavy atom. The van der Waals surface area contributed by atoms with Gasteiger partial charge in [-0.1, -0.05) is 19.1 Å². The molecule has 5 heteroatoms. The normalized spacial score (nSPS) is 11.0. The van der Waals surface area contributed by atoms with Gasteiger partial charge in [0.15, 0.2) is 17.2 Å². The molecule has 1 aromatic heterocycles. The Balaban J connectivity index is 2.43. The van der Waals surface area contributed by atoms with E-state index in [-0.39, 0.29) is 30.4 Å². The number of aliphatic hydroxyl groups is 1. The number of halogens is 1. The van der Waals surface area contributed by atoms with Crippen LogP contribution in [0.3, 0.4) is 0 Å². The maximum absolute atomic E-state index is 13.7. The van der Waals surface area contributed by atoms with Crippen molar-refractivity contribution in [3.8, 4) is 0 Å². The molecule has 0 aliphatic heterocycles. The summed E-state index contributed by atoms with van der Waals surface area (Å²) in [5.41, 5.74) is 0.734. The summed E-state index contributed by atoms with van der Waals surface area (Å²) in [7, 11) is 0. The van der Waals surface area contributed by atoms with Crippen molar-refractivity contribution >= 4 is 16.9 Å². The Morgan fingerprint density at radius 1 is 1.40 bits per heavy atom. The van der Waals surface area contributed by atoms with E-state index in [1.807, 2.05) is 6.92 Å². The molecule has 0 saturated carbocycles. The monoisotopic (exact) mass is 279 g/mol. The number of amides is 1. The van der Waals surface area contributed by atoms with Crippen LogP contribution in [-0.4, -0.2) is 35.6 Å². The van der Waals surface area contributed by atoms with Gasteiger partial charge in [0.2, 0.25) is 0 Å². The van der Waals surface area contributed by atoms with Gasteiger partial charge in [0.05, 0.1) is 6.61 Å². The summed E-state index contributed by atoms with van der Waals surface area (Å²) < 4.78 is 19.1. The third-order valence-electron chi connectivity index (χ3n) is 3.26. The number of rotatable bonds is 5. The fourth-order valence-electron chi connectivity index (χ4n) is 2.26. The third kappa shape index (κ3) is 2.54. The molecule has 0 aliphatic carbocycles. The second kappa shape index (κ2) is 6.05. The zero-order valence-electron chi connectivity index (χ0n) is 11.6. The largest absolute Gasteiger partial charge is 0.448 e. The number of aliphatic hydroxyl groups excluding tert-OH is 1. The molecule has 1 amide bonds. The van der Waals surface area contributed by atoms with Crippen molar-refractivity contribution in [2.75, 3.05) is 19.7 Å². The van der Waals surface area contributed by atoms with E-state index in [4.69, 9.17) is 9.52 Å². The van der Waals surface area contributed by atoms with E-state index in [9.17, 15) is 9.18 Å². The van der Waals surface area contributed by atoms with Crippen LogP contribution in [0.15, 0.2) is 22.6 Å². The van der Waals surface area contributed by atoms with Crippen LogP contribution in [0.1, 0.15) is 29.5 Å². The van der Waals surface area contributed by atoms with Crippen LogP contribution in [0, 0.1) is 12.7 Å². The fraction of sp³-hybridized carbons (Fsp3) is 0.400. The molecule has 0 atom stereocenters. The van der Waals surface area contributed by atoms with E-state index in [0.717, 1.165) is 6.42 Å². The minimum Gasteiger partial charge on any atom is -0.448 e. The molecule has 0 unspecified atom stereocenters. The maximum atomic E-state index is 13.7.